The summed E-state index contributed by atoms with van der Waals surface area (Å²) in [5.74, 6) is 0.803. The molecule has 1 N–H and O–H groups in total. The highest BCUT2D eigenvalue weighted by molar-refractivity contribution is 5.79. The van der Waals surface area contributed by atoms with Crippen LogP contribution in [0.1, 0.15) is 59.9 Å². The minimum Gasteiger partial charge on any atom is -0.392 e. The summed E-state index contributed by atoms with van der Waals surface area (Å²) in [4.78, 5) is 16.9. The Hall–Kier alpha value is -1.39. The van der Waals surface area contributed by atoms with Crippen LogP contribution >= 0.6 is 0 Å². The Morgan fingerprint density at radius 1 is 1.15 bits per heavy atom. The summed E-state index contributed by atoms with van der Waals surface area (Å²) in [6.07, 6.45) is 5.64. The molecule has 1 aromatic carbocycles. The molecule has 1 amide bonds. The average molecular weight is 359 g/mol. The number of nitrogens with zero attached hydrogens (tertiary/aromatic N) is 2. The van der Waals surface area contributed by atoms with Crippen LogP contribution in [0, 0.1) is 26.7 Å². The van der Waals surface area contributed by atoms with E-state index in [4.69, 9.17) is 0 Å². The number of carbonyl (C=O) groups excluding carboxylic acids is 1. The van der Waals surface area contributed by atoms with E-state index in [0.717, 1.165) is 25.2 Å². The smallest absolute Gasteiger partial charge is 0.223 e. The van der Waals surface area contributed by atoms with Gasteiger partial charge in [-0.1, -0.05) is 18.9 Å². The normalized spacial score (nSPS) is 21.4. The number of likely N-dealkylation sites (tertiary alicyclic amines) is 1. The molecule has 1 aromatic rings. The molecule has 26 heavy (non-hydrogen) atoms. The second-order valence-electron chi connectivity index (χ2n) is 8.50. The molecule has 1 aliphatic carbocycles. The molecule has 0 spiro atoms. The maximum absolute atomic E-state index is 12.4. The van der Waals surface area contributed by atoms with Crippen molar-refractivity contribution in [3.63, 3.8) is 0 Å². The van der Waals surface area contributed by atoms with E-state index >= 15 is 0 Å². The quantitative estimate of drug-likeness (QED) is 0.848. The summed E-state index contributed by atoms with van der Waals surface area (Å²) in [5, 5.41) is 9.68. The van der Waals surface area contributed by atoms with Crippen LogP contribution in [0.2, 0.25) is 0 Å². The topological polar surface area (TPSA) is 43.8 Å². The molecule has 3 rings (SSSR count). The first-order chi connectivity index (χ1) is 12.4. The average Bonchev–Trinajstić information content (AvgIpc) is 3.21. The Labute approximate surface area is 158 Å². The summed E-state index contributed by atoms with van der Waals surface area (Å²) in [5.41, 5.74) is 6.05. The van der Waals surface area contributed by atoms with Gasteiger partial charge < -0.3 is 14.9 Å². The summed E-state index contributed by atoms with van der Waals surface area (Å²) < 4.78 is 0. The highest BCUT2D eigenvalue weighted by Crippen LogP contribution is 2.30. The van der Waals surface area contributed by atoms with Crippen molar-refractivity contribution >= 4 is 5.91 Å². The maximum Gasteiger partial charge on any atom is 0.223 e. The fraction of sp³-hybridized carbons (Fsp3) is 0.682. The molecule has 0 bridgehead atoms. The minimum atomic E-state index is 0.0993. The second kappa shape index (κ2) is 8.10. The predicted octanol–water partition coefficient (Wildman–Crippen LogP) is 3.33. The molecule has 0 aromatic heterocycles. The van der Waals surface area contributed by atoms with Crippen molar-refractivity contribution in [1.82, 2.24) is 9.80 Å². The summed E-state index contributed by atoms with van der Waals surface area (Å²) >= 11 is 0. The highest BCUT2D eigenvalue weighted by atomic mass is 16.3. The van der Waals surface area contributed by atoms with Gasteiger partial charge in [0.1, 0.15) is 0 Å². The van der Waals surface area contributed by atoms with Crippen LogP contribution in [-0.2, 0) is 17.9 Å². The highest BCUT2D eigenvalue weighted by Gasteiger charge is 2.35. The second-order valence-corrected chi connectivity index (χ2v) is 8.50. The van der Waals surface area contributed by atoms with Crippen LogP contribution in [-0.4, -0.2) is 47.0 Å². The van der Waals surface area contributed by atoms with Gasteiger partial charge in [0.2, 0.25) is 5.91 Å². The van der Waals surface area contributed by atoms with E-state index in [-0.39, 0.29) is 6.61 Å². The number of aryl methyl sites for hydroxylation is 2. The van der Waals surface area contributed by atoms with Crippen molar-refractivity contribution in [2.75, 3.05) is 20.1 Å². The summed E-state index contributed by atoms with van der Waals surface area (Å²) in [7, 11) is 2.15. The fourth-order valence-corrected chi connectivity index (χ4v) is 5.03. The van der Waals surface area contributed by atoms with E-state index < -0.39 is 0 Å². The molecule has 4 nitrogen and oxygen atoms in total. The van der Waals surface area contributed by atoms with Gasteiger partial charge in [-0.15, -0.1) is 0 Å². The SMILES string of the molecule is Cc1cc(C)c(CN(C)CC2CC(=O)N(C3CCCC3)C2)c(C)c1CO. The number of benzene rings is 1. The molecule has 2 aliphatic rings. The van der Waals surface area contributed by atoms with Gasteiger partial charge in [-0.05, 0) is 74.4 Å². The third-order valence-electron chi connectivity index (χ3n) is 6.45. The van der Waals surface area contributed by atoms with Crippen molar-refractivity contribution in [3.05, 3.63) is 33.9 Å². The van der Waals surface area contributed by atoms with Crippen LogP contribution in [0.25, 0.3) is 0 Å². The zero-order valence-corrected chi connectivity index (χ0v) is 16.8. The number of aliphatic hydroxyl groups is 1. The van der Waals surface area contributed by atoms with Crippen LogP contribution in [0.15, 0.2) is 6.07 Å². The number of amides is 1. The Bertz CT molecular complexity index is 665. The van der Waals surface area contributed by atoms with Gasteiger partial charge >= 0.3 is 0 Å². The molecule has 1 heterocycles. The van der Waals surface area contributed by atoms with Crippen molar-refractivity contribution in [3.8, 4) is 0 Å². The molecule has 1 atom stereocenters. The van der Waals surface area contributed by atoms with E-state index in [1.165, 1.54) is 47.9 Å². The van der Waals surface area contributed by atoms with Crippen LogP contribution in [0.3, 0.4) is 0 Å². The van der Waals surface area contributed by atoms with E-state index in [1.54, 1.807) is 0 Å². The van der Waals surface area contributed by atoms with Crippen molar-refractivity contribution in [1.29, 1.82) is 0 Å². The number of aliphatic hydroxyl groups excluding tert-OH is 1. The van der Waals surface area contributed by atoms with Gasteiger partial charge in [0, 0.05) is 32.1 Å². The molecule has 4 heteroatoms. The first kappa shape index (κ1) is 19.4. The van der Waals surface area contributed by atoms with Gasteiger partial charge in [0.25, 0.3) is 0 Å². The van der Waals surface area contributed by atoms with E-state index in [2.05, 4.69) is 43.7 Å². The molecule has 144 valence electrons. The van der Waals surface area contributed by atoms with E-state index in [9.17, 15) is 9.90 Å². The minimum absolute atomic E-state index is 0.0993. The first-order valence-corrected chi connectivity index (χ1v) is 10.1. The predicted molar refractivity (Wildman–Crippen MR) is 105 cm³/mol. The number of carbonyl (C=O) groups is 1. The Morgan fingerprint density at radius 3 is 2.46 bits per heavy atom. The third-order valence-corrected chi connectivity index (χ3v) is 6.45. The molecule has 1 saturated carbocycles. The monoisotopic (exact) mass is 358 g/mol. The zero-order chi connectivity index (χ0) is 18.8. The Balaban J connectivity index is 1.63. The molecule has 0 radical (unpaired) electrons. The third kappa shape index (κ3) is 3.96. The molecule has 1 unspecified atom stereocenters. The van der Waals surface area contributed by atoms with Crippen LogP contribution < -0.4 is 0 Å². The van der Waals surface area contributed by atoms with E-state index in [1.807, 2.05) is 0 Å². The van der Waals surface area contributed by atoms with E-state index in [0.29, 0.717) is 24.3 Å². The summed E-state index contributed by atoms with van der Waals surface area (Å²) in [6.45, 7) is 9.21. The number of hydrogen-bond donors (Lipinski definition) is 1. The standard InChI is InChI=1S/C22H34N2O2/c1-15-9-16(2)21(14-25)17(3)20(15)13-23(4)11-18-10-22(26)24(12-18)19-7-5-6-8-19/h9,18-19,25H,5-8,10-14H2,1-4H3. The zero-order valence-electron chi connectivity index (χ0n) is 16.8. The molecule has 2 fully saturated rings. The molecule has 1 saturated heterocycles. The number of rotatable bonds is 6. The van der Waals surface area contributed by atoms with Crippen molar-refractivity contribution in [2.45, 2.75) is 72.1 Å². The molecule has 1 aliphatic heterocycles. The van der Waals surface area contributed by atoms with Gasteiger partial charge in [0.05, 0.1) is 6.61 Å². The van der Waals surface area contributed by atoms with Crippen molar-refractivity contribution < 1.29 is 9.90 Å². The lowest BCUT2D eigenvalue weighted by molar-refractivity contribution is -0.129. The summed E-state index contributed by atoms with van der Waals surface area (Å²) in [6, 6.07) is 2.69. The van der Waals surface area contributed by atoms with Gasteiger partial charge in [0.15, 0.2) is 0 Å². The van der Waals surface area contributed by atoms with Gasteiger partial charge in [-0.3, -0.25) is 4.79 Å². The van der Waals surface area contributed by atoms with Crippen LogP contribution in [0.5, 0.6) is 0 Å². The number of hydrogen-bond acceptors (Lipinski definition) is 3. The van der Waals surface area contributed by atoms with Gasteiger partial charge in [-0.2, -0.15) is 0 Å². The first-order valence-electron chi connectivity index (χ1n) is 10.1. The van der Waals surface area contributed by atoms with Crippen molar-refractivity contribution in [2.24, 2.45) is 5.92 Å². The van der Waals surface area contributed by atoms with Crippen LogP contribution in [0.4, 0.5) is 0 Å². The maximum atomic E-state index is 12.4. The molecular formula is C22H34N2O2. The lowest BCUT2D eigenvalue weighted by Gasteiger charge is -2.26. The lowest BCUT2D eigenvalue weighted by atomic mass is 9.93. The van der Waals surface area contributed by atoms with Gasteiger partial charge in [-0.25, -0.2) is 0 Å². The molecular weight excluding hydrogens is 324 g/mol. The fourth-order valence-electron chi connectivity index (χ4n) is 5.03. The Morgan fingerprint density at radius 2 is 1.81 bits per heavy atom. The Kier molecular flexibility index (Phi) is 6.03. The largest absolute Gasteiger partial charge is 0.392 e. The lowest BCUT2D eigenvalue weighted by Crippen LogP contribution is -2.35.